The van der Waals surface area contributed by atoms with Crippen LogP contribution in [0.25, 0.3) is 0 Å². The molecule has 88 valence electrons. The Hall–Kier alpha value is -1.29. The molecule has 1 saturated carbocycles. The van der Waals surface area contributed by atoms with Crippen LogP contribution in [0.15, 0.2) is 18.2 Å². The molecule has 5 heteroatoms. The number of halogens is 1. The van der Waals surface area contributed by atoms with Crippen LogP contribution in [-0.2, 0) is 0 Å². The highest BCUT2D eigenvalue weighted by atomic mass is 35.5. The van der Waals surface area contributed by atoms with Gasteiger partial charge in [-0.2, -0.15) is 0 Å². The topological polar surface area (TPSA) is 59.2 Å². The molecule has 0 unspecified atom stereocenters. The van der Waals surface area contributed by atoms with E-state index < -0.39 is 0 Å². The number of carbonyl (C=O) groups is 1. The van der Waals surface area contributed by atoms with Crippen molar-refractivity contribution in [2.45, 2.75) is 25.3 Å². The molecule has 0 bridgehead atoms. The molecular weight excluding hydrogens is 226 g/mol. The quantitative estimate of drug-likeness (QED) is 0.858. The number of rotatable bonds is 2. The van der Waals surface area contributed by atoms with E-state index in [0.717, 1.165) is 12.8 Å². The predicted molar refractivity (Wildman–Crippen MR) is 65.6 cm³/mol. The maximum atomic E-state index is 11.9. The molecule has 1 aromatic heterocycles. The van der Waals surface area contributed by atoms with Crippen molar-refractivity contribution < 1.29 is 4.79 Å². The lowest BCUT2D eigenvalue weighted by atomic mass is 9.92. The molecule has 0 radical (unpaired) electrons. The largest absolute Gasteiger partial charge is 0.384 e. The van der Waals surface area contributed by atoms with Gasteiger partial charge in [-0.05, 0) is 31.4 Å². The van der Waals surface area contributed by atoms with Crippen LogP contribution in [0, 0.1) is 0 Å². The van der Waals surface area contributed by atoms with Crippen molar-refractivity contribution >= 4 is 24.1 Å². The zero-order valence-electron chi connectivity index (χ0n) is 9.22. The third kappa shape index (κ3) is 2.44. The molecule has 0 saturated heterocycles. The summed E-state index contributed by atoms with van der Waals surface area (Å²) < 4.78 is 0. The molecule has 1 aromatic rings. The number of anilines is 1. The van der Waals surface area contributed by atoms with Crippen LogP contribution in [0.3, 0.4) is 0 Å². The van der Waals surface area contributed by atoms with Crippen molar-refractivity contribution in [3.63, 3.8) is 0 Å². The zero-order valence-corrected chi connectivity index (χ0v) is 10.0. The van der Waals surface area contributed by atoms with Gasteiger partial charge in [-0.1, -0.05) is 6.07 Å². The molecule has 0 aromatic carbocycles. The van der Waals surface area contributed by atoms with Gasteiger partial charge < -0.3 is 10.6 Å². The molecular formula is C11H16ClN3O. The summed E-state index contributed by atoms with van der Waals surface area (Å²) in [4.78, 5) is 17.7. The first kappa shape index (κ1) is 12.8. The first-order valence-electron chi connectivity index (χ1n) is 5.18. The van der Waals surface area contributed by atoms with Gasteiger partial charge in [-0.3, -0.25) is 4.79 Å². The molecule has 1 heterocycles. The summed E-state index contributed by atoms with van der Waals surface area (Å²) in [6.45, 7) is 0. The molecule has 16 heavy (non-hydrogen) atoms. The smallest absolute Gasteiger partial charge is 0.272 e. The lowest BCUT2D eigenvalue weighted by molar-refractivity contribution is 0.0646. The Kier molecular flexibility index (Phi) is 4.12. The number of amides is 1. The predicted octanol–water partition coefficient (Wildman–Crippen LogP) is 1.71. The summed E-state index contributed by atoms with van der Waals surface area (Å²) in [5.74, 6) is 0.356. The SMILES string of the molecule is CN(C(=O)c1cccc(N)n1)C1CCC1.Cl. The van der Waals surface area contributed by atoms with E-state index in [2.05, 4.69) is 4.98 Å². The Morgan fingerprint density at radius 1 is 1.50 bits per heavy atom. The van der Waals surface area contributed by atoms with E-state index in [0.29, 0.717) is 17.6 Å². The van der Waals surface area contributed by atoms with Gasteiger partial charge in [-0.15, -0.1) is 12.4 Å². The number of hydrogen-bond donors (Lipinski definition) is 1. The molecule has 2 N–H and O–H groups in total. The third-order valence-corrected chi connectivity index (χ3v) is 2.93. The molecule has 2 rings (SSSR count). The van der Waals surface area contributed by atoms with Crippen molar-refractivity contribution in [2.75, 3.05) is 12.8 Å². The number of carbonyl (C=O) groups excluding carboxylic acids is 1. The maximum absolute atomic E-state index is 11.9. The Morgan fingerprint density at radius 3 is 2.69 bits per heavy atom. The van der Waals surface area contributed by atoms with Crippen LogP contribution >= 0.6 is 12.4 Å². The summed E-state index contributed by atoms with van der Waals surface area (Å²) in [7, 11) is 1.83. The average molecular weight is 242 g/mol. The van der Waals surface area contributed by atoms with Gasteiger partial charge >= 0.3 is 0 Å². The van der Waals surface area contributed by atoms with Gasteiger partial charge in [0.05, 0.1) is 0 Å². The van der Waals surface area contributed by atoms with E-state index in [-0.39, 0.29) is 18.3 Å². The fraction of sp³-hybridized carbons (Fsp3) is 0.455. The molecule has 1 fully saturated rings. The van der Waals surface area contributed by atoms with Crippen LogP contribution < -0.4 is 5.73 Å². The van der Waals surface area contributed by atoms with Gasteiger partial charge in [0.2, 0.25) is 0 Å². The van der Waals surface area contributed by atoms with E-state index in [9.17, 15) is 4.79 Å². The first-order valence-corrected chi connectivity index (χ1v) is 5.18. The molecule has 0 spiro atoms. The minimum Gasteiger partial charge on any atom is -0.384 e. The number of hydrogen-bond acceptors (Lipinski definition) is 3. The van der Waals surface area contributed by atoms with Gasteiger partial charge in [0.25, 0.3) is 5.91 Å². The zero-order chi connectivity index (χ0) is 10.8. The van der Waals surface area contributed by atoms with Crippen molar-refractivity contribution in [1.29, 1.82) is 0 Å². The second kappa shape index (κ2) is 5.16. The number of nitrogens with zero attached hydrogens (tertiary/aromatic N) is 2. The molecule has 0 aliphatic heterocycles. The number of nitrogens with two attached hydrogens (primary N) is 1. The number of aromatic nitrogens is 1. The molecule has 1 aliphatic carbocycles. The second-order valence-electron chi connectivity index (χ2n) is 3.95. The van der Waals surface area contributed by atoms with Crippen LogP contribution in [0.1, 0.15) is 29.8 Å². The van der Waals surface area contributed by atoms with Gasteiger partial charge in [0.1, 0.15) is 11.5 Å². The van der Waals surface area contributed by atoms with E-state index in [4.69, 9.17) is 5.73 Å². The van der Waals surface area contributed by atoms with Gasteiger partial charge in [-0.25, -0.2) is 4.98 Å². The molecule has 1 amide bonds. The Balaban J connectivity index is 0.00000128. The molecule has 0 atom stereocenters. The van der Waals surface area contributed by atoms with Crippen molar-refractivity contribution in [3.05, 3.63) is 23.9 Å². The van der Waals surface area contributed by atoms with Crippen LogP contribution in [-0.4, -0.2) is 28.9 Å². The monoisotopic (exact) mass is 241 g/mol. The number of nitrogen functional groups attached to an aromatic ring is 1. The summed E-state index contributed by atoms with van der Waals surface area (Å²) >= 11 is 0. The van der Waals surface area contributed by atoms with Crippen molar-refractivity contribution in [2.24, 2.45) is 0 Å². The van der Waals surface area contributed by atoms with Crippen LogP contribution in [0.5, 0.6) is 0 Å². The highest BCUT2D eigenvalue weighted by molar-refractivity contribution is 5.92. The average Bonchev–Trinajstić information content (AvgIpc) is 2.14. The summed E-state index contributed by atoms with van der Waals surface area (Å²) in [6.07, 6.45) is 3.42. The first-order chi connectivity index (χ1) is 7.18. The summed E-state index contributed by atoms with van der Waals surface area (Å²) in [5.41, 5.74) is 5.97. The fourth-order valence-electron chi connectivity index (χ4n) is 1.69. The standard InChI is InChI=1S/C11H15N3O.ClH/c1-14(8-4-2-5-8)11(15)9-6-3-7-10(12)13-9;/h3,6-8H,2,4-5H2,1H3,(H2,12,13);1H. The Labute approximate surface area is 101 Å². The second-order valence-corrected chi connectivity index (χ2v) is 3.95. The lowest BCUT2D eigenvalue weighted by Gasteiger charge is -2.34. The summed E-state index contributed by atoms with van der Waals surface area (Å²) in [5, 5.41) is 0. The fourth-order valence-corrected chi connectivity index (χ4v) is 1.69. The normalized spacial score (nSPS) is 14.8. The van der Waals surface area contributed by atoms with Crippen LogP contribution in [0.2, 0.25) is 0 Å². The maximum Gasteiger partial charge on any atom is 0.272 e. The van der Waals surface area contributed by atoms with E-state index in [1.165, 1.54) is 6.42 Å². The summed E-state index contributed by atoms with van der Waals surface area (Å²) in [6, 6.07) is 5.53. The van der Waals surface area contributed by atoms with E-state index in [1.54, 1.807) is 23.1 Å². The van der Waals surface area contributed by atoms with Crippen LogP contribution in [0.4, 0.5) is 5.82 Å². The minimum absolute atomic E-state index is 0. The third-order valence-electron chi connectivity index (χ3n) is 2.93. The Morgan fingerprint density at radius 2 is 2.19 bits per heavy atom. The molecule has 1 aliphatic rings. The lowest BCUT2D eigenvalue weighted by Crippen LogP contribution is -2.41. The highest BCUT2D eigenvalue weighted by Gasteiger charge is 2.26. The van der Waals surface area contributed by atoms with Gasteiger partial charge in [0, 0.05) is 13.1 Å². The van der Waals surface area contributed by atoms with Gasteiger partial charge in [0.15, 0.2) is 0 Å². The number of pyridine rings is 1. The highest BCUT2D eigenvalue weighted by Crippen LogP contribution is 2.24. The van der Waals surface area contributed by atoms with E-state index in [1.807, 2.05) is 7.05 Å². The Bertz CT molecular complexity index is 379. The van der Waals surface area contributed by atoms with Crippen molar-refractivity contribution in [3.8, 4) is 0 Å². The molecule has 4 nitrogen and oxygen atoms in total. The van der Waals surface area contributed by atoms with Crippen molar-refractivity contribution in [1.82, 2.24) is 9.88 Å². The van der Waals surface area contributed by atoms with E-state index >= 15 is 0 Å². The minimum atomic E-state index is -0.0352.